The van der Waals surface area contributed by atoms with E-state index in [4.69, 9.17) is 5.73 Å². The van der Waals surface area contributed by atoms with Crippen molar-refractivity contribution < 1.29 is 12.8 Å². The summed E-state index contributed by atoms with van der Waals surface area (Å²) in [5.74, 6) is -0.838. The molecular formula is C12H20FN3O2S. The first kappa shape index (κ1) is 15.9. The van der Waals surface area contributed by atoms with E-state index in [2.05, 4.69) is 9.62 Å². The van der Waals surface area contributed by atoms with Crippen LogP contribution in [0.2, 0.25) is 0 Å². The van der Waals surface area contributed by atoms with Crippen LogP contribution in [0.15, 0.2) is 23.1 Å². The highest BCUT2D eigenvalue weighted by atomic mass is 32.2. The van der Waals surface area contributed by atoms with Gasteiger partial charge in [0.15, 0.2) is 0 Å². The van der Waals surface area contributed by atoms with Gasteiger partial charge in [0.1, 0.15) is 10.7 Å². The standard InChI is InChI=1S/C12H20FN3O2S/c1-3-16(4-2)8-7-15-19(17,18)12-6-5-10(14)9-11(12)13/h5-6,9,15H,3-4,7-8,14H2,1-2H3. The molecule has 0 bridgehead atoms. The van der Waals surface area contributed by atoms with Crippen LogP contribution in [0.5, 0.6) is 0 Å². The minimum atomic E-state index is -3.83. The zero-order valence-electron chi connectivity index (χ0n) is 11.2. The molecule has 0 aliphatic carbocycles. The van der Waals surface area contributed by atoms with Crippen molar-refractivity contribution in [3.05, 3.63) is 24.0 Å². The minimum absolute atomic E-state index is 0.194. The molecule has 0 heterocycles. The molecule has 7 heteroatoms. The van der Waals surface area contributed by atoms with E-state index >= 15 is 0 Å². The molecule has 108 valence electrons. The number of nitrogens with two attached hydrogens (primary N) is 1. The molecule has 0 aromatic heterocycles. The van der Waals surface area contributed by atoms with E-state index < -0.39 is 15.8 Å². The summed E-state index contributed by atoms with van der Waals surface area (Å²) in [5.41, 5.74) is 5.58. The molecule has 1 aromatic carbocycles. The Balaban J connectivity index is 2.71. The fraction of sp³-hybridized carbons (Fsp3) is 0.500. The summed E-state index contributed by atoms with van der Waals surface area (Å²) in [6.07, 6.45) is 0. The average molecular weight is 289 g/mol. The van der Waals surface area contributed by atoms with Crippen molar-refractivity contribution in [2.75, 3.05) is 31.9 Å². The van der Waals surface area contributed by atoms with E-state index in [0.717, 1.165) is 19.2 Å². The first-order valence-corrected chi connectivity index (χ1v) is 7.66. The number of hydrogen-bond donors (Lipinski definition) is 2. The molecule has 0 atom stereocenters. The number of hydrogen-bond acceptors (Lipinski definition) is 4. The second-order valence-electron chi connectivity index (χ2n) is 4.11. The molecule has 0 fully saturated rings. The molecule has 5 nitrogen and oxygen atoms in total. The molecule has 0 saturated heterocycles. The predicted octanol–water partition coefficient (Wildman–Crippen LogP) is 1.03. The summed E-state index contributed by atoms with van der Waals surface area (Å²) >= 11 is 0. The maximum absolute atomic E-state index is 13.6. The van der Waals surface area contributed by atoms with Crippen molar-refractivity contribution in [2.24, 2.45) is 0 Å². The van der Waals surface area contributed by atoms with Gasteiger partial charge >= 0.3 is 0 Å². The third-order valence-electron chi connectivity index (χ3n) is 2.86. The first-order valence-electron chi connectivity index (χ1n) is 6.17. The second-order valence-corrected chi connectivity index (χ2v) is 5.85. The van der Waals surface area contributed by atoms with Crippen molar-refractivity contribution in [2.45, 2.75) is 18.7 Å². The number of nitrogens with zero attached hydrogens (tertiary/aromatic N) is 1. The maximum atomic E-state index is 13.6. The van der Waals surface area contributed by atoms with E-state index in [1.807, 2.05) is 13.8 Å². The summed E-state index contributed by atoms with van der Waals surface area (Å²) in [7, 11) is -3.83. The number of rotatable bonds is 7. The van der Waals surface area contributed by atoms with Gasteiger partial charge in [-0.1, -0.05) is 13.8 Å². The first-order chi connectivity index (χ1) is 8.90. The average Bonchev–Trinajstić information content (AvgIpc) is 2.34. The van der Waals surface area contributed by atoms with Gasteiger partial charge in [-0.3, -0.25) is 0 Å². The van der Waals surface area contributed by atoms with Gasteiger partial charge in [-0.15, -0.1) is 0 Å². The monoisotopic (exact) mass is 289 g/mol. The molecule has 0 amide bonds. The zero-order chi connectivity index (χ0) is 14.5. The number of halogens is 1. The number of anilines is 1. The number of benzene rings is 1. The van der Waals surface area contributed by atoms with Gasteiger partial charge < -0.3 is 10.6 Å². The highest BCUT2D eigenvalue weighted by Gasteiger charge is 2.18. The Kier molecular flexibility index (Phi) is 5.71. The summed E-state index contributed by atoms with van der Waals surface area (Å²) in [6, 6.07) is 3.53. The van der Waals surface area contributed by atoms with Crippen LogP contribution < -0.4 is 10.5 Å². The fourth-order valence-electron chi connectivity index (χ4n) is 1.69. The van der Waals surface area contributed by atoms with Crippen LogP contribution in [0.3, 0.4) is 0 Å². The zero-order valence-corrected chi connectivity index (χ0v) is 12.0. The van der Waals surface area contributed by atoms with Crippen molar-refractivity contribution in [1.29, 1.82) is 0 Å². The van der Waals surface area contributed by atoms with Gasteiger partial charge in [0.2, 0.25) is 10.0 Å². The van der Waals surface area contributed by atoms with E-state index in [0.29, 0.717) is 6.54 Å². The van der Waals surface area contributed by atoms with Gasteiger partial charge in [0, 0.05) is 18.8 Å². The lowest BCUT2D eigenvalue weighted by Gasteiger charge is -2.18. The van der Waals surface area contributed by atoms with Crippen LogP contribution in [0, 0.1) is 5.82 Å². The number of nitrogens with one attached hydrogen (secondary N) is 1. The topological polar surface area (TPSA) is 75.4 Å². The van der Waals surface area contributed by atoms with Crippen LogP contribution in [0.1, 0.15) is 13.8 Å². The fourth-order valence-corrected chi connectivity index (χ4v) is 2.77. The smallest absolute Gasteiger partial charge is 0.243 e. The molecule has 1 rings (SSSR count). The predicted molar refractivity (Wildman–Crippen MR) is 73.8 cm³/mol. The summed E-state index contributed by atoms with van der Waals surface area (Å²) in [6.45, 7) is 6.51. The van der Waals surface area contributed by atoms with Crippen molar-refractivity contribution in [3.8, 4) is 0 Å². The largest absolute Gasteiger partial charge is 0.399 e. The van der Waals surface area contributed by atoms with Gasteiger partial charge in [-0.05, 0) is 31.3 Å². The van der Waals surface area contributed by atoms with Crippen molar-refractivity contribution in [1.82, 2.24) is 9.62 Å². The lowest BCUT2D eigenvalue weighted by Crippen LogP contribution is -2.35. The maximum Gasteiger partial charge on any atom is 0.243 e. The normalized spacial score (nSPS) is 12.0. The minimum Gasteiger partial charge on any atom is -0.399 e. The Labute approximate surface area is 113 Å². The van der Waals surface area contributed by atoms with Crippen LogP contribution >= 0.6 is 0 Å². The molecular weight excluding hydrogens is 269 g/mol. The number of nitrogen functional groups attached to an aromatic ring is 1. The lowest BCUT2D eigenvalue weighted by molar-refractivity contribution is 0.309. The van der Waals surface area contributed by atoms with Crippen LogP contribution in [-0.4, -0.2) is 39.5 Å². The Morgan fingerprint density at radius 2 is 1.95 bits per heavy atom. The third kappa shape index (κ3) is 4.45. The number of sulfonamides is 1. The van der Waals surface area contributed by atoms with Gasteiger partial charge in [-0.2, -0.15) is 0 Å². The molecule has 0 radical (unpaired) electrons. The van der Waals surface area contributed by atoms with Gasteiger partial charge in [-0.25, -0.2) is 17.5 Å². The van der Waals surface area contributed by atoms with Crippen LogP contribution in [0.25, 0.3) is 0 Å². The van der Waals surface area contributed by atoms with E-state index in [1.165, 1.54) is 12.1 Å². The van der Waals surface area contributed by atoms with Gasteiger partial charge in [0.25, 0.3) is 0 Å². The molecule has 0 aliphatic heterocycles. The summed E-state index contributed by atoms with van der Waals surface area (Å²) < 4.78 is 39.8. The SMILES string of the molecule is CCN(CC)CCNS(=O)(=O)c1ccc(N)cc1F. The quantitative estimate of drug-likeness (QED) is 0.735. The molecule has 0 saturated carbocycles. The van der Waals surface area contributed by atoms with Crippen LogP contribution in [-0.2, 0) is 10.0 Å². The molecule has 19 heavy (non-hydrogen) atoms. The Hall–Kier alpha value is -1.18. The lowest BCUT2D eigenvalue weighted by atomic mass is 10.3. The Morgan fingerprint density at radius 3 is 2.47 bits per heavy atom. The Bertz CT molecular complexity index is 516. The van der Waals surface area contributed by atoms with E-state index in [9.17, 15) is 12.8 Å². The second kappa shape index (κ2) is 6.83. The van der Waals surface area contributed by atoms with Crippen LogP contribution in [0.4, 0.5) is 10.1 Å². The van der Waals surface area contributed by atoms with Crippen molar-refractivity contribution in [3.63, 3.8) is 0 Å². The molecule has 0 aliphatic rings. The van der Waals surface area contributed by atoms with Gasteiger partial charge in [0.05, 0.1) is 0 Å². The third-order valence-corrected chi connectivity index (χ3v) is 4.35. The summed E-state index contributed by atoms with van der Waals surface area (Å²) in [4.78, 5) is 1.70. The molecule has 0 spiro atoms. The van der Waals surface area contributed by atoms with Crippen molar-refractivity contribution >= 4 is 15.7 Å². The highest BCUT2D eigenvalue weighted by molar-refractivity contribution is 7.89. The summed E-state index contributed by atoms with van der Waals surface area (Å²) in [5, 5.41) is 0. The molecule has 3 N–H and O–H groups in total. The highest BCUT2D eigenvalue weighted by Crippen LogP contribution is 2.16. The van der Waals surface area contributed by atoms with E-state index in [-0.39, 0.29) is 17.1 Å². The molecule has 1 aromatic rings. The number of likely N-dealkylation sites (N-methyl/N-ethyl adjacent to an activating group) is 1. The Morgan fingerprint density at radius 1 is 1.32 bits per heavy atom. The molecule has 0 unspecified atom stereocenters. The van der Waals surface area contributed by atoms with E-state index in [1.54, 1.807) is 0 Å².